The minimum absolute atomic E-state index is 0.0165. The average Bonchev–Trinajstić information content (AvgIpc) is 2.89. The van der Waals surface area contributed by atoms with Crippen LogP contribution in [-0.2, 0) is 29.1 Å². The van der Waals surface area contributed by atoms with Crippen molar-refractivity contribution in [2.45, 2.75) is 52.0 Å². The van der Waals surface area contributed by atoms with E-state index >= 15 is 0 Å². The van der Waals surface area contributed by atoms with Crippen molar-refractivity contribution in [2.24, 2.45) is 0 Å². The minimum Gasteiger partial charge on any atom is -0.463 e. The van der Waals surface area contributed by atoms with Crippen LogP contribution in [0.4, 0.5) is 19.3 Å². The molecule has 0 fully saturated rings. The third-order valence-electron chi connectivity index (χ3n) is 6.10. The van der Waals surface area contributed by atoms with Crippen LogP contribution in [0, 0.1) is 6.92 Å². The van der Waals surface area contributed by atoms with Gasteiger partial charge in [-0.25, -0.2) is 27.5 Å². The van der Waals surface area contributed by atoms with Gasteiger partial charge in [-0.3, -0.25) is 0 Å². The molecule has 3 N–H and O–H groups in total. The summed E-state index contributed by atoms with van der Waals surface area (Å²) < 4.78 is 69.3. The molecule has 0 aliphatic carbocycles. The maximum absolute atomic E-state index is 13.5. The van der Waals surface area contributed by atoms with Crippen molar-refractivity contribution in [3.63, 3.8) is 0 Å². The number of halogens is 2. The van der Waals surface area contributed by atoms with Crippen molar-refractivity contribution in [1.29, 1.82) is 0 Å². The van der Waals surface area contributed by atoms with Crippen LogP contribution in [0.1, 0.15) is 44.7 Å². The van der Waals surface area contributed by atoms with Crippen LogP contribution < -0.4 is 20.1 Å². The van der Waals surface area contributed by atoms with Gasteiger partial charge in [-0.1, -0.05) is 17.7 Å². The molecule has 42 heavy (non-hydrogen) atoms. The van der Waals surface area contributed by atoms with Crippen molar-refractivity contribution in [3.05, 3.63) is 76.1 Å². The summed E-state index contributed by atoms with van der Waals surface area (Å²) in [6.07, 6.45) is 0. The van der Waals surface area contributed by atoms with Gasteiger partial charge in [0.05, 0.1) is 35.2 Å². The van der Waals surface area contributed by atoms with Crippen LogP contribution in [0.15, 0.2) is 69.9 Å². The topological polar surface area (TPSA) is 149 Å². The number of sulfonamides is 1. The Bertz CT molecular complexity index is 1500. The molecule has 1 aliphatic rings. The third-order valence-corrected chi connectivity index (χ3v) is 7.45. The molecular formula is C28H31F2N3O8S. The van der Waals surface area contributed by atoms with E-state index in [-0.39, 0.29) is 51.9 Å². The molecule has 11 nitrogen and oxygen atoms in total. The number of aryl methyl sites for hydroxylation is 1. The molecule has 0 saturated carbocycles. The van der Waals surface area contributed by atoms with Crippen LogP contribution >= 0.6 is 0 Å². The highest BCUT2D eigenvalue weighted by Crippen LogP contribution is 2.44. The quantitative estimate of drug-likeness (QED) is 0.333. The number of allylic oxidation sites excluding steroid dienone is 2. The lowest BCUT2D eigenvalue weighted by molar-refractivity contribution is -0.139. The Hall–Kier alpha value is -4.46. The second-order valence-corrected chi connectivity index (χ2v) is 10.8. The van der Waals surface area contributed by atoms with Crippen molar-refractivity contribution in [2.75, 3.05) is 18.5 Å². The Morgan fingerprint density at radius 3 is 1.95 bits per heavy atom. The van der Waals surface area contributed by atoms with Gasteiger partial charge < -0.3 is 24.8 Å². The van der Waals surface area contributed by atoms with Crippen LogP contribution in [0.5, 0.6) is 5.75 Å². The molecule has 0 aromatic heterocycles. The molecule has 0 radical (unpaired) electrons. The number of carbonyl (C=O) groups is 3. The van der Waals surface area contributed by atoms with Gasteiger partial charge in [0, 0.05) is 22.6 Å². The number of hydrogen-bond donors (Lipinski definition) is 3. The Kier molecular flexibility index (Phi) is 10.3. The zero-order valence-electron chi connectivity index (χ0n) is 23.5. The summed E-state index contributed by atoms with van der Waals surface area (Å²) in [6.45, 7) is 4.70. The molecule has 0 atom stereocenters. The van der Waals surface area contributed by atoms with Crippen LogP contribution in [0.2, 0.25) is 0 Å². The second kappa shape index (κ2) is 13.5. The second-order valence-electron chi connectivity index (χ2n) is 9.08. The molecule has 0 bridgehead atoms. The summed E-state index contributed by atoms with van der Waals surface area (Å²) >= 11 is 0. The number of benzene rings is 2. The molecule has 2 aromatic rings. The van der Waals surface area contributed by atoms with Gasteiger partial charge >= 0.3 is 24.6 Å². The van der Waals surface area contributed by atoms with Gasteiger partial charge in [0.15, 0.2) is 0 Å². The fourth-order valence-corrected chi connectivity index (χ4v) is 5.28. The first kappa shape index (κ1) is 32.1. The summed E-state index contributed by atoms with van der Waals surface area (Å²) in [4.78, 5) is 38.8. The van der Waals surface area contributed by atoms with Crippen molar-refractivity contribution < 1.29 is 45.8 Å². The fraction of sp³-hybridized carbons (Fsp3) is 0.321. The molecule has 0 saturated heterocycles. The lowest BCUT2D eigenvalue weighted by atomic mass is 9.79. The van der Waals surface area contributed by atoms with E-state index in [1.54, 1.807) is 46.8 Å². The van der Waals surface area contributed by atoms with Crippen LogP contribution in [-0.4, -0.2) is 46.2 Å². The SMILES string of the molecule is CCOC(=O)C1=C(C)NC(C)=C(C(=O)OCC)C1c1cc(NC(=O)NS(=O)(=O)c2ccc(C)cc2)ccc1OC(F)F. The third kappa shape index (κ3) is 7.43. The summed E-state index contributed by atoms with van der Waals surface area (Å²) in [5.74, 6) is -3.38. The molecule has 14 heteroatoms. The lowest BCUT2D eigenvalue weighted by Crippen LogP contribution is -2.34. The van der Waals surface area contributed by atoms with Crippen LogP contribution in [0.3, 0.4) is 0 Å². The maximum Gasteiger partial charge on any atom is 0.387 e. The molecule has 3 rings (SSSR count). The van der Waals surface area contributed by atoms with E-state index in [0.29, 0.717) is 0 Å². The van der Waals surface area contributed by atoms with Gasteiger partial charge in [-0.15, -0.1) is 0 Å². The lowest BCUT2D eigenvalue weighted by Gasteiger charge is -2.31. The number of urea groups is 1. The summed E-state index contributed by atoms with van der Waals surface area (Å²) in [5, 5.41) is 5.28. The van der Waals surface area contributed by atoms with E-state index < -0.39 is 46.3 Å². The molecule has 226 valence electrons. The van der Waals surface area contributed by atoms with E-state index in [0.717, 1.165) is 11.6 Å². The Labute approximate surface area is 242 Å². The summed E-state index contributed by atoms with van der Waals surface area (Å²) in [5.41, 5.74) is 1.07. The summed E-state index contributed by atoms with van der Waals surface area (Å²) in [6, 6.07) is 8.13. The standard InChI is InChI=1S/C28H31F2N3O8S/c1-6-39-25(34)22-16(4)31-17(5)23(26(35)40-7-2)24(22)20-14-18(10-13-21(20)41-27(29)30)32-28(36)33-42(37,38)19-11-8-15(3)9-12-19/h8-14,24,27,31H,6-7H2,1-5H3,(H2,32,33,36). The Morgan fingerprint density at radius 1 is 0.905 bits per heavy atom. The number of anilines is 1. The average molecular weight is 608 g/mol. The van der Waals surface area contributed by atoms with E-state index in [1.165, 1.54) is 24.3 Å². The first-order valence-corrected chi connectivity index (χ1v) is 14.3. The van der Waals surface area contributed by atoms with E-state index in [9.17, 15) is 31.6 Å². The van der Waals surface area contributed by atoms with E-state index in [4.69, 9.17) is 14.2 Å². The molecule has 0 spiro atoms. The molecule has 1 aliphatic heterocycles. The number of esters is 2. The number of ether oxygens (including phenoxy) is 3. The Morgan fingerprint density at radius 2 is 1.45 bits per heavy atom. The van der Waals surface area contributed by atoms with Gasteiger partial charge in [-0.05, 0) is 65.0 Å². The smallest absolute Gasteiger partial charge is 0.387 e. The normalized spacial score (nSPS) is 13.9. The summed E-state index contributed by atoms with van der Waals surface area (Å²) in [7, 11) is -4.25. The largest absolute Gasteiger partial charge is 0.463 e. The molecule has 2 amide bonds. The highest BCUT2D eigenvalue weighted by Gasteiger charge is 2.40. The molecule has 1 heterocycles. The number of carbonyl (C=O) groups excluding carboxylic acids is 3. The van der Waals surface area contributed by atoms with Crippen molar-refractivity contribution in [3.8, 4) is 5.75 Å². The maximum atomic E-state index is 13.5. The van der Waals surface area contributed by atoms with Gasteiger partial charge in [0.25, 0.3) is 10.0 Å². The highest BCUT2D eigenvalue weighted by atomic mass is 32.2. The first-order valence-electron chi connectivity index (χ1n) is 12.8. The number of amides is 2. The molecular weight excluding hydrogens is 576 g/mol. The number of alkyl halides is 2. The van der Waals surface area contributed by atoms with Gasteiger partial charge in [0.2, 0.25) is 0 Å². The zero-order valence-corrected chi connectivity index (χ0v) is 24.4. The fourth-order valence-electron chi connectivity index (χ4n) is 4.37. The number of nitrogens with one attached hydrogen (secondary N) is 3. The van der Waals surface area contributed by atoms with Crippen LogP contribution in [0.25, 0.3) is 0 Å². The highest BCUT2D eigenvalue weighted by molar-refractivity contribution is 7.90. The van der Waals surface area contributed by atoms with Crippen molar-refractivity contribution in [1.82, 2.24) is 10.0 Å². The van der Waals surface area contributed by atoms with Crippen molar-refractivity contribution >= 4 is 33.7 Å². The predicted molar refractivity (Wildman–Crippen MR) is 148 cm³/mol. The molecule has 0 unspecified atom stereocenters. The number of hydrogen-bond acceptors (Lipinski definition) is 9. The predicted octanol–water partition coefficient (Wildman–Crippen LogP) is 4.47. The van der Waals surface area contributed by atoms with Gasteiger partial charge in [0.1, 0.15) is 5.75 Å². The minimum atomic E-state index is -4.25. The Balaban J connectivity index is 2.11. The monoisotopic (exact) mass is 607 g/mol. The zero-order chi connectivity index (χ0) is 31.2. The van der Waals surface area contributed by atoms with E-state index in [1.807, 2.05) is 4.72 Å². The molecule has 2 aromatic carbocycles. The first-order chi connectivity index (χ1) is 19.8. The van der Waals surface area contributed by atoms with E-state index in [2.05, 4.69) is 10.6 Å². The number of dihydropyridines is 1. The number of rotatable bonds is 10. The van der Waals surface area contributed by atoms with Gasteiger partial charge in [-0.2, -0.15) is 8.78 Å².